The lowest BCUT2D eigenvalue weighted by Gasteiger charge is -2.14. The molecule has 1 N–H and O–H groups in total. The molecule has 0 aliphatic carbocycles. The molecule has 4 rings (SSSR count). The minimum atomic E-state index is -0.430. The number of anilines is 1. The molecule has 4 aromatic rings. The van der Waals surface area contributed by atoms with Crippen molar-refractivity contribution in [3.05, 3.63) is 82.3 Å². The first-order chi connectivity index (χ1) is 15.9. The van der Waals surface area contributed by atoms with Crippen molar-refractivity contribution in [3.8, 4) is 28.6 Å². The van der Waals surface area contributed by atoms with Crippen LogP contribution < -0.4 is 25.0 Å². The van der Waals surface area contributed by atoms with Crippen molar-refractivity contribution in [3.63, 3.8) is 0 Å². The number of amides is 1. The SMILES string of the molecule is COc1cc(C(=O)Nc2ccc3oc(-c4ccc(F)cc4)cc(=O)c3c2)cc(OC)c1OC. The summed E-state index contributed by atoms with van der Waals surface area (Å²) in [7, 11) is 4.39. The summed E-state index contributed by atoms with van der Waals surface area (Å²) < 4.78 is 34.8. The van der Waals surface area contributed by atoms with Crippen molar-refractivity contribution < 1.29 is 27.8 Å². The second-order valence-electron chi connectivity index (χ2n) is 7.06. The molecule has 0 saturated carbocycles. The Kier molecular flexibility index (Phi) is 5.99. The Bertz CT molecular complexity index is 1370. The number of rotatable bonds is 6. The average molecular weight is 449 g/mol. The van der Waals surface area contributed by atoms with Crippen LogP contribution in [0.1, 0.15) is 10.4 Å². The Morgan fingerprint density at radius 1 is 0.879 bits per heavy atom. The summed E-state index contributed by atoms with van der Waals surface area (Å²) in [5.41, 5.74) is 1.31. The van der Waals surface area contributed by atoms with Crippen LogP contribution in [0, 0.1) is 5.82 Å². The minimum absolute atomic E-state index is 0.281. The number of nitrogens with one attached hydrogen (secondary N) is 1. The van der Waals surface area contributed by atoms with E-state index in [-0.39, 0.29) is 16.8 Å². The zero-order valence-corrected chi connectivity index (χ0v) is 18.1. The van der Waals surface area contributed by atoms with Crippen LogP contribution in [-0.2, 0) is 0 Å². The number of hydrogen-bond donors (Lipinski definition) is 1. The van der Waals surface area contributed by atoms with Gasteiger partial charge in [0, 0.05) is 22.9 Å². The molecule has 0 spiro atoms. The van der Waals surface area contributed by atoms with E-state index in [0.29, 0.717) is 45.2 Å². The smallest absolute Gasteiger partial charge is 0.255 e. The van der Waals surface area contributed by atoms with Crippen molar-refractivity contribution in [2.24, 2.45) is 0 Å². The van der Waals surface area contributed by atoms with E-state index in [1.54, 1.807) is 12.1 Å². The largest absolute Gasteiger partial charge is 0.493 e. The molecule has 0 atom stereocenters. The maximum absolute atomic E-state index is 13.2. The highest BCUT2D eigenvalue weighted by Crippen LogP contribution is 2.38. The topological polar surface area (TPSA) is 87.0 Å². The fourth-order valence-electron chi connectivity index (χ4n) is 3.41. The third-order valence-electron chi connectivity index (χ3n) is 5.04. The lowest BCUT2D eigenvalue weighted by molar-refractivity contribution is 0.102. The maximum Gasteiger partial charge on any atom is 0.255 e. The predicted molar refractivity (Wildman–Crippen MR) is 122 cm³/mol. The van der Waals surface area contributed by atoms with Gasteiger partial charge in [-0.1, -0.05) is 0 Å². The summed E-state index contributed by atoms with van der Waals surface area (Å²) in [6, 6.07) is 14.8. The number of hydrogen-bond acceptors (Lipinski definition) is 6. The van der Waals surface area contributed by atoms with Crippen LogP contribution in [0.4, 0.5) is 10.1 Å². The highest BCUT2D eigenvalue weighted by Gasteiger charge is 2.17. The highest BCUT2D eigenvalue weighted by molar-refractivity contribution is 6.05. The van der Waals surface area contributed by atoms with E-state index in [2.05, 4.69) is 5.32 Å². The van der Waals surface area contributed by atoms with Gasteiger partial charge in [0.15, 0.2) is 16.9 Å². The van der Waals surface area contributed by atoms with Crippen LogP contribution in [0.15, 0.2) is 69.9 Å². The molecule has 8 heteroatoms. The number of benzene rings is 3. The molecule has 0 aliphatic rings. The molecule has 0 aliphatic heterocycles. The van der Waals surface area contributed by atoms with Crippen LogP contribution in [0.5, 0.6) is 17.2 Å². The van der Waals surface area contributed by atoms with Gasteiger partial charge in [-0.25, -0.2) is 4.39 Å². The van der Waals surface area contributed by atoms with Gasteiger partial charge in [0.1, 0.15) is 17.2 Å². The molecule has 168 valence electrons. The van der Waals surface area contributed by atoms with Gasteiger partial charge >= 0.3 is 0 Å². The van der Waals surface area contributed by atoms with Crippen molar-refractivity contribution >= 4 is 22.6 Å². The van der Waals surface area contributed by atoms with Gasteiger partial charge in [0.05, 0.1) is 26.7 Å². The van der Waals surface area contributed by atoms with Crippen LogP contribution in [0.25, 0.3) is 22.3 Å². The van der Waals surface area contributed by atoms with Gasteiger partial charge < -0.3 is 23.9 Å². The second-order valence-corrected chi connectivity index (χ2v) is 7.06. The monoisotopic (exact) mass is 449 g/mol. The number of methoxy groups -OCH3 is 3. The van der Waals surface area contributed by atoms with Crippen LogP contribution in [0.2, 0.25) is 0 Å². The van der Waals surface area contributed by atoms with E-state index in [1.807, 2.05) is 0 Å². The number of fused-ring (bicyclic) bond motifs is 1. The summed E-state index contributed by atoms with van der Waals surface area (Å²) in [4.78, 5) is 25.5. The Morgan fingerprint density at radius 3 is 2.15 bits per heavy atom. The molecular formula is C25H20FNO6. The van der Waals surface area contributed by atoms with Crippen molar-refractivity contribution in [1.29, 1.82) is 0 Å². The first-order valence-corrected chi connectivity index (χ1v) is 9.88. The van der Waals surface area contributed by atoms with Crippen molar-refractivity contribution in [2.45, 2.75) is 0 Å². The second kappa shape index (κ2) is 9.04. The Hall–Kier alpha value is -4.33. The van der Waals surface area contributed by atoms with E-state index >= 15 is 0 Å². The molecule has 0 radical (unpaired) electrons. The standard InChI is InChI=1S/C25H20FNO6/c1-30-22-10-15(11-23(31-2)24(22)32-3)25(29)27-17-8-9-20-18(12-17)19(28)13-21(33-20)14-4-6-16(26)7-5-14/h4-13H,1-3H3,(H,27,29). The van der Waals surface area contributed by atoms with E-state index in [4.69, 9.17) is 18.6 Å². The fourth-order valence-corrected chi connectivity index (χ4v) is 3.41. The van der Waals surface area contributed by atoms with E-state index in [0.717, 1.165) is 0 Å². The van der Waals surface area contributed by atoms with Crippen LogP contribution in [-0.4, -0.2) is 27.2 Å². The summed E-state index contributed by atoms with van der Waals surface area (Å²) in [5.74, 6) is 0.567. The average Bonchev–Trinajstić information content (AvgIpc) is 2.83. The van der Waals surface area contributed by atoms with Crippen molar-refractivity contribution in [1.82, 2.24) is 0 Å². The zero-order valence-electron chi connectivity index (χ0n) is 18.1. The lowest BCUT2D eigenvalue weighted by Crippen LogP contribution is -2.13. The van der Waals surface area contributed by atoms with Crippen LogP contribution >= 0.6 is 0 Å². The molecule has 1 amide bonds. The van der Waals surface area contributed by atoms with Gasteiger partial charge in [0.2, 0.25) is 5.75 Å². The lowest BCUT2D eigenvalue weighted by atomic mass is 10.1. The number of carbonyl (C=O) groups excluding carboxylic acids is 1. The highest BCUT2D eigenvalue weighted by atomic mass is 19.1. The van der Waals surface area contributed by atoms with Crippen molar-refractivity contribution in [2.75, 3.05) is 26.6 Å². The van der Waals surface area contributed by atoms with E-state index in [9.17, 15) is 14.0 Å². The molecule has 33 heavy (non-hydrogen) atoms. The third kappa shape index (κ3) is 4.36. The fraction of sp³-hybridized carbons (Fsp3) is 0.120. The maximum atomic E-state index is 13.2. The van der Waals surface area contributed by atoms with E-state index < -0.39 is 5.91 Å². The Balaban J connectivity index is 1.65. The van der Waals surface area contributed by atoms with Crippen LogP contribution in [0.3, 0.4) is 0 Å². The Morgan fingerprint density at radius 2 is 1.55 bits per heavy atom. The molecule has 1 aromatic heterocycles. The summed E-state index contributed by atoms with van der Waals surface area (Å²) in [5, 5.41) is 3.05. The molecule has 7 nitrogen and oxygen atoms in total. The molecule has 0 unspecified atom stereocenters. The minimum Gasteiger partial charge on any atom is -0.493 e. The first kappa shape index (κ1) is 21.9. The molecule has 0 saturated heterocycles. The van der Waals surface area contributed by atoms with Gasteiger partial charge in [-0.15, -0.1) is 0 Å². The van der Waals surface area contributed by atoms with E-state index in [1.165, 1.54) is 69.9 Å². The normalized spacial score (nSPS) is 10.7. The summed E-state index contributed by atoms with van der Waals surface area (Å²) in [6.45, 7) is 0. The number of halogens is 1. The molecule has 0 bridgehead atoms. The summed E-state index contributed by atoms with van der Waals surface area (Å²) in [6.07, 6.45) is 0. The number of carbonyl (C=O) groups is 1. The van der Waals surface area contributed by atoms with Gasteiger partial charge in [-0.2, -0.15) is 0 Å². The molecule has 3 aromatic carbocycles. The number of ether oxygens (including phenoxy) is 3. The molecule has 0 fully saturated rings. The molecular weight excluding hydrogens is 429 g/mol. The quantitative estimate of drug-likeness (QED) is 0.452. The first-order valence-electron chi connectivity index (χ1n) is 9.88. The van der Waals surface area contributed by atoms with Gasteiger partial charge in [0.25, 0.3) is 5.91 Å². The Labute approximate surface area is 188 Å². The van der Waals surface area contributed by atoms with Gasteiger partial charge in [-0.3, -0.25) is 9.59 Å². The zero-order chi connectivity index (χ0) is 23.5. The summed E-state index contributed by atoms with van der Waals surface area (Å²) >= 11 is 0. The third-order valence-corrected chi connectivity index (χ3v) is 5.04. The predicted octanol–water partition coefficient (Wildman–Crippen LogP) is 4.88. The molecule has 1 heterocycles. The van der Waals surface area contributed by atoms with Gasteiger partial charge in [-0.05, 0) is 54.6 Å².